The van der Waals surface area contributed by atoms with E-state index in [-0.39, 0.29) is 12.3 Å². The van der Waals surface area contributed by atoms with E-state index in [4.69, 9.17) is 11.6 Å². The van der Waals surface area contributed by atoms with Crippen molar-refractivity contribution in [2.75, 3.05) is 5.32 Å². The number of aromatic nitrogens is 1. The molecule has 2 N–H and O–H groups in total. The molecule has 0 saturated heterocycles. The highest BCUT2D eigenvalue weighted by Gasteiger charge is 2.17. The van der Waals surface area contributed by atoms with Crippen molar-refractivity contribution < 1.29 is 4.79 Å². The third kappa shape index (κ3) is 3.80. The van der Waals surface area contributed by atoms with Crippen LogP contribution in [0.25, 0.3) is 22.2 Å². The molecule has 4 aromatic rings. The molecule has 0 bridgehead atoms. The number of aromatic amines is 1. The lowest BCUT2D eigenvalue weighted by atomic mass is 10.0. The van der Waals surface area contributed by atoms with Gasteiger partial charge in [-0.05, 0) is 61.4 Å². The number of nitrogens with one attached hydrogen (secondary N) is 2. The maximum absolute atomic E-state index is 12.8. The number of H-pyrrole nitrogens is 1. The molecule has 1 aromatic heterocycles. The van der Waals surface area contributed by atoms with Crippen LogP contribution < -0.4 is 5.32 Å². The minimum absolute atomic E-state index is 0.0403. The lowest BCUT2D eigenvalue weighted by molar-refractivity contribution is -0.115. The first kappa shape index (κ1) is 18.3. The molecule has 0 aliphatic rings. The molecule has 0 aliphatic carbocycles. The number of carbonyl (C=O) groups is 1. The molecule has 0 atom stereocenters. The van der Waals surface area contributed by atoms with Gasteiger partial charge in [-0.25, -0.2) is 0 Å². The number of fused-ring (bicyclic) bond motifs is 1. The van der Waals surface area contributed by atoms with Crippen molar-refractivity contribution in [3.63, 3.8) is 0 Å². The maximum Gasteiger partial charge on any atom is 0.228 e. The van der Waals surface area contributed by atoms with E-state index in [1.165, 1.54) is 0 Å². The van der Waals surface area contributed by atoms with E-state index >= 15 is 0 Å². The number of amides is 1. The van der Waals surface area contributed by atoms with Crippen molar-refractivity contribution in [2.45, 2.75) is 20.3 Å². The first-order valence-electron chi connectivity index (χ1n) is 9.23. The molecule has 0 unspecified atom stereocenters. The second kappa shape index (κ2) is 7.53. The standard InChI is InChI=1S/C24H21ClN2O/c1-15-3-10-19(11-4-15)26-23(28)14-21-20-13-16(2)5-12-22(20)27-24(21)17-6-8-18(25)9-7-17/h3-13,27H,14H2,1-2H3,(H,26,28). The molecule has 1 heterocycles. The summed E-state index contributed by atoms with van der Waals surface area (Å²) in [6.45, 7) is 4.09. The lowest BCUT2D eigenvalue weighted by Crippen LogP contribution is -2.14. The highest BCUT2D eigenvalue weighted by molar-refractivity contribution is 6.30. The molecule has 4 rings (SSSR count). The Labute approximate surface area is 169 Å². The molecule has 4 heteroatoms. The molecule has 3 nitrogen and oxygen atoms in total. The van der Waals surface area contributed by atoms with Gasteiger partial charge in [0.15, 0.2) is 0 Å². The first-order chi connectivity index (χ1) is 13.5. The van der Waals surface area contributed by atoms with Crippen LogP contribution >= 0.6 is 11.6 Å². The average Bonchev–Trinajstić information content (AvgIpc) is 3.02. The van der Waals surface area contributed by atoms with Gasteiger partial charge >= 0.3 is 0 Å². The molecule has 0 fully saturated rings. The zero-order valence-corrected chi connectivity index (χ0v) is 16.6. The monoisotopic (exact) mass is 388 g/mol. The Morgan fingerprint density at radius 1 is 0.929 bits per heavy atom. The van der Waals surface area contributed by atoms with Gasteiger partial charge in [0, 0.05) is 21.6 Å². The molecule has 0 saturated carbocycles. The van der Waals surface area contributed by atoms with Gasteiger partial charge in [0.2, 0.25) is 5.91 Å². The molecule has 0 aliphatic heterocycles. The van der Waals surface area contributed by atoms with Crippen molar-refractivity contribution in [3.05, 3.63) is 88.4 Å². The van der Waals surface area contributed by atoms with E-state index in [0.29, 0.717) is 5.02 Å². The second-order valence-electron chi connectivity index (χ2n) is 7.13. The van der Waals surface area contributed by atoms with Crippen molar-refractivity contribution in [1.82, 2.24) is 4.98 Å². The van der Waals surface area contributed by atoms with E-state index < -0.39 is 0 Å². The fourth-order valence-electron chi connectivity index (χ4n) is 3.41. The third-order valence-electron chi connectivity index (χ3n) is 4.87. The Hall–Kier alpha value is -3.04. The quantitative estimate of drug-likeness (QED) is 0.424. The highest BCUT2D eigenvalue weighted by atomic mass is 35.5. The first-order valence-corrected chi connectivity index (χ1v) is 9.61. The number of aryl methyl sites for hydroxylation is 2. The van der Waals surface area contributed by atoms with E-state index in [2.05, 4.69) is 35.4 Å². The topological polar surface area (TPSA) is 44.9 Å². The van der Waals surface area contributed by atoms with Gasteiger partial charge < -0.3 is 10.3 Å². The fourth-order valence-corrected chi connectivity index (χ4v) is 3.54. The summed E-state index contributed by atoms with van der Waals surface area (Å²) in [6, 6.07) is 21.8. The van der Waals surface area contributed by atoms with Crippen molar-refractivity contribution in [1.29, 1.82) is 0 Å². The number of benzene rings is 3. The largest absolute Gasteiger partial charge is 0.354 e. The van der Waals surface area contributed by atoms with Crippen LogP contribution in [0.5, 0.6) is 0 Å². The van der Waals surface area contributed by atoms with Gasteiger partial charge in [0.05, 0.1) is 12.1 Å². The lowest BCUT2D eigenvalue weighted by Gasteiger charge is -2.08. The Bertz CT molecular complexity index is 1140. The van der Waals surface area contributed by atoms with Crippen LogP contribution in [0.1, 0.15) is 16.7 Å². The molecule has 1 amide bonds. The van der Waals surface area contributed by atoms with E-state index in [1.807, 2.05) is 55.5 Å². The SMILES string of the molecule is Cc1ccc(NC(=O)Cc2c(-c3ccc(Cl)cc3)[nH]c3ccc(C)cc23)cc1. The Morgan fingerprint density at radius 2 is 1.61 bits per heavy atom. The predicted molar refractivity (Wildman–Crippen MR) is 117 cm³/mol. The molecule has 0 radical (unpaired) electrons. The maximum atomic E-state index is 12.8. The zero-order chi connectivity index (χ0) is 19.7. The fraction of sp³-hybridized carbons (Fsp3) is 0.125. The minimum Gasteiger partial charge on any atom is -0.354 e. The molecule has 0 spiro atoms. The minimum atomic E-state index is -0.0403. The Balaban J connectivity index is 1.72. The van der Waals surface area contributed by atoms with Gasteiger partial charge in [0.25, 0.3) is 0 Å². The summed E-state index contributed by atoms with van der Waals surface area (Å²) in [5.41, 5.74) is 7.11. The summed E-state index contributed by atoms with van der Waals surface area (Å²) >= 11 is 6.05. The van der Waals surface area contributed by atoms with Crippen LogP contribution in [0.4, 0.5) is 5.69 Å². The van der Waals surface area contributed by atoms with Crippen LogP contribution in [-0.2, 0) is 11.2 Å². The summed E-state index contributed by atoms with van der Waals surface area (Å²) in [5, 5.41) is 4.76. The highest BCUT2D eigenvalue weighted by Crippen LogP contribution is 2.32. The predicted octanol–water partition coefficient (Wildman–Crippen LogP) is 6.29. The van der Waals surface area contributed by atoms with E-state index in [0.717, 1.165) is 44.5 Å². The number of hydrogen-bond acceptors (Lipinski definition) is 1. The van der Waals surface area contributed by atoms with Gasteiger partial charge in [-0.2, -0.15) is 0 Å². The number of rotatable bonds is 4. The second-order valence-corrected chi connectivity index (χ2v) is 7.56. The summed E-state index contributed by atoms with van der Waals surface area (Å²) in [5.74, 6) is -0.0403. The van der Waals surface area contributed by atoms with Crippen LogP contribution in [-0.4, -0.2) is 10.9 Å². The van der Waals surface area contributed by atoms with E-state index in [9.17, 15) is 4.79 Å². The summed E-state index contributed by atoms with van der Waals surface area (Å²) < 4.78 is 0. The molecule has 28 heavy (non-hydrogen) atoms. The van der Waals surface area contributed by atoms with Crippen LogP contribution in [0, 0.1) is 13.8 Å². The van der Waals surface area contributed by atoms with E-state index in [1.54, 1.807) is 0 Å². The number of anilines is 1. The average molecular weight is 389 g/mol. The normalized spacial score (nSPS) is 11.0. The van der Waals surface area contributed by atoms with Crippen LogP contribution in [0.15, 0.2) is 66.7 Å². The van der Waals surface area contributed by atoms with Gasteiger partial charge in [-0.3, -0.25) is 4.79 Å². The molecular formula is C24H21ClN2O. The van der Waals surface area contributed by atoms with Gasteiger partial charge in [-0.15, -0.1) is 0 Å². The van der Waals surface area contributed by atoms with Gasteiger partial charge in [-0.1, -0.05) is 53.1 Å². The summed E-state index contributed by atoms with van der Waals surface area (Å²) in [6.07, 6.45) is 0.287. The number of halogens is 1. The van der Waals surface area contributed by atoms with Crippen molar-refractivity contribution in [3.8, 4) is 11.3 Å². The molecule has 140 valence electrons. The number of carbonyl (C=O) groups excluding carboxylic acids is 1. The molecule has 3 aromatic carbocycles. The Kier molecular flexibility index (Phi) is 4.93. The smallest absolute Gasteiger partial charge is 0.228 e. The third-order valence-corrected chi connectivity index (χ3v) is 5.12. The van der Waals surface area contributed by atoms with Crippen LogP contribution in [0.3, 0.4) is 0 Å². The van der Waals surface area contributed by atoms with Gasteiger partial charge in [0.1, 0.15) is 0 Å². The number of hydrogen-bond donors (Lipinski definition) is 2. The molecular weight excluding hydrogens is 368 g/mol. The summed E-state index contributed by atoms with van der Waals surface area (Å²) in [4.78, 5) is 16.3. The Morgan fingerprint density at radius 3 is 2.32 bits per heavy atom. The zero-order valence-electron chi connectivity index (χ0n) is 15.8. The van der Waals surface area contributed by atoms with Crippen LogP contribution in [0.2, 0.25) is 5.02 Å². The summed E-state index contributed by atoms with van der Waals surface area (Å²) in [7, 11) is 0. The van der Waals surface area contributed by atoms with Crippen molar-refractivity contribution >= 4 is 34.1 Å². The van der Waals surface area contributed by atoms with Crippen molar-refractivity contribution in [2.24, 2.45) is 0 Å².